The van der Waals surface area contributed by atoms with Gasteiger partial charge in [-0.1, -0.05) is 26.8 Å². The van der Waals surface area contributed by atoms with Crippen molar-refractivity contribution < 1.29 is 8.84 Å². The molecule has 0 aliphatic carbocycles. The van der Waals surface area contributed by atoms with E-state index in [9.17, 15) is 10.1 Å². The minimum Gasteiger partial charge on any atom is -0.539 e. The van der Waals surface area contributed by atoms with Gasteiger partial charge in [0.25, 0.3) is 8.32 Å². The minimum atomic E-state index is -2.14. The summed E-state index contributed by atoms with van der Waals surface area (Å²) < 4.78 is 11.4. The Balaban J connectivity index is 3.10. The van der Waals surface area contributed by atoms with Crippen molar-refractivity contribution in [2.24, 2.45) is 0 Å². The van der Waals surface area contributed by atoms with Crippen molar-refractivity contribution in [3.63, 3.8) is 0 Å². The van der Waals surface area contributed by atoms with Gasteiger partial charge < -0.3 is 8.84 Å². The SMILES string of the molecule is [C-]#[N+]C(C#N)(CC=C)Cc1cc(=O)c(O[Si](C)(C)C(C)(C)C)co1. The number of nitrogens with zero attached hydrogens (tertiary/aromatic N) is 2. The molecule has 1 unspecified atom stereocenters. The van der Waals surface area contributed by atoms with Crippen molar-refractivity contribution in [1.29, 1.82) is 5.26 Å². The Hall–Kier alpha value is -2.31. The molecule has 0 aliphatic heterocycles. The second kappa shape index (κ2) is 7.07. The van der Waals surface area contributed by atoms with Crippen molar-refractivity contribution in [3.8, 4) is 11.8 Å². The lowest BCUT2D eigenvalue weighted by molar-refractivity contribution is 0.419. The van der Waals surface area contributed by atoms with Crippen LogP contribution in [0.5, 0.6) is 5.75 Å². The van der Waals surface area contributed by atoms with Gasteiger partial charge in [0.15, 0.2) is 11.8 Å². The summed E-state index contributed by atoms with van der Waals surface area (Å²) in [6.45, 7) is 21.2. The molecule has 0 fully saturated rings. The summed E-state index contributed by atoms with van der Waals surface area (Å²) in [7, 11) is -2.14. The Morgan fingerprint density at radius 2 is 2.12 bits per heavy atom. The van der Waals surface area contributed by atoms with Crippen molar-refractivity contribution in [1.82, 2.24) is 0 Å². The molecule has 128 valence electrons. The van der Waals surface area contributed by atoms with E-state index in [1.54, 1.807) is 0 Å². The quantitative estimate of drug-likeness (QED) is 0.438. The molecule has 0 spiro atoms. The van der Waals surface area contributed by atoms with Crippen LogP contribution in [0.2, 0.25) is 18.1 Å². The van der Waals surface area contributed by atoms with E-state index in [1.165, 1.54) is 18.4 Å². The average molecular weight is 344 g/mol. The predicted octanol–water partition coefficient (Wildman–Crippen LogP) is 4.32. The van der Waals surface area contributed by atoms with Crippen molar-refractivity contribution in [3.05, 3.63) is 52.4 Å². The smallest absolute Gasteiger partial charge is 0.326 e. The molecular formula is C18H24N2O3Si. The third kappa shape index (κ3) is 4.36. The zero-order valence-electron chi connectivity index (χ0n) is 15.0. The summed E-state index contributed by atoms with van der Waals surface area (Å²) in [5.41, 5.74) is -1.59. The maximum atomic E-state index is 12.3. The third-order valence-corrected chi connectivity index (χ3v) is 8.74. The van der Waals surface area contributed by atoms with Gasteiger partial charge in [0.2, 0.25) is 5.43 Å². The Morgan fingerprint density at radius 3 is 2.54 bits per heavy atom. The summed E-state index contributed by atoms with van der Waals surface area (Å²) >= 11 is 0. The number of hydrogen-bond acceptors (Lipinski definition) is 4. The van der Waals surface area contributed by atoms with Crippen LogP contribution in [0.25, 0.3) is 4.85 Å². The highest BCUT2D eigenvalue weighted by Gasteiger charge is 2.40. The molecular weight excluding hydrogens is 320 g/mol. The maximum Gasteiger partial charge on any atom is 0.326 e. The molecule has 1 aromatic heterocycles. The van der Waals surface area contributed by atoms with Gasteiger partial charge in [-0.3, -0.25) is 9.64 Å². The molecule has 0 N–H and O–H groups in total. The summed E-state index contributed by atoms with van der Waals surface area (Å²) in [5.74, 6) is 0.474. The van der Waals surface area contributed by atoms with Crippen LogP contribution in [0.4, 0.5) is 0 Å². The fraction of sp³-hybridized carbons (Fsp3) is 0.500. The monoisotopic (exact) mass is 344 g/mol. The van der Waals surface area contributed by atoms with Gasteiger partial charge in [0, 0.05) is 6.07 Å². The first-order valence-corrected chi connectivity index (χ1v) is 10.6. The van der Waals surface area contributed by atoms with Crippen LogP contribution >= 0.6 is 0 Å². The average Bonchev–Trinajstić information content (AvgIpc) is 2.48. The molecule has 0 saturated carbocycles. The molecule has 6 heteroatoms. The minimum absolute atomic E-state index is 0.0363. The Kier molecular flexibility index (Phi) is 5.81. The van der Waals surface area contributed by atoms with E-state index >= 15 is 0 Å². The fourth-order valence-electron chi connectivity index (χ4n) is 1.83. The van der Waals surface area contributed by atoms with Crippen LogP contribution in [0.1, 0.15) is 33.0 Å². The maximum absolute atomic E-state index is 12.3. The van der Waals surface area contributed by atoms with Gasteiger partial charge in [-0.15, -0.1) is 6.58 Å². The molecule has 0 saturated heterocycles. The highest BCUT2D eigenvalue weighted by atomic mass is 28.4. The zero-order valence-corrected chi connectivity index (χ0v) is 16.0. The van der Waals surface area contributed by atoms with Crippen LogP contribution in [0.15, 0.2) is 34.2 Å². The topological polar surface area (TPSA) is 67.6 Å². The van der Waals surface area contributed by atoms with Crippen molar-refractivity contribution in [2.75, 3.05) is 0 Å². The Bertz CT molecular complexity index is 731. The van der Waals surface area contributed by atoms with Crippen molar-refractivity contribution >= 4 is 8.32 Å². The van der Waals surface area contributed by atoms with Crippen molar-refractivity contribution in [2.45, 2.75) is 57.3 Å². The van der Waals surface area contributed by atoms with Crippen LogP contribution in [0.3, 0.4) is 0 Å². The molecule has 0 aliphatic rings. The first-order valence-electron chi connectivity index (χ1n) is 7.72. The lowest BCUT2D eigenvalue weighted by Gasteiger charge is -2.35. The first-order chi connectivity index (χ1) is 11.0. The standard InChI is InChI=1S/C18H24N2O3Si/c1-8-9-18(13-19,20-5)11-14-10-15(21)16(12-22-14)23-24(6,7)17(2,3)4/h8,10,12H,1,9,11H2,2-4,6-7H3. The van der Waals surface area contributed by atoms with E-state index in [-0.39, 0.29) is 29.1 Å². The van der Waals surface area contributed by atoms with E-state index in [0.29, 0.717) is 5.76 Å². The first kappa shape index (κ1) is 19.7. The van der Waals surface area contributed by atoms with Crippen LogP contribution in [-0.4, -0.2) is 13.9 Å². The number of nitriles is 1. The van der Waals surface area contributed by atoms with E-state index in [0.717, 1.165) is 0 Å². The highest BCUT2D eigenvalue weighted by molar-refractivity contribution is 6.74. The predicted molar refractivity (Wildman–Crippen MR) is 96.3 cm³/mol. The van der Waals surface area contributed by atoms with Gasteiger partial charge in [-0.05, 0) is 18.1 Å². The zero-order chi connectivity index (χ0) is 18.6. The molecule has 1 aromatic rings. The molecule has 0 bridgehead atoms. The second-order valence-corrected chi connectivity index (χ2v) is 12.1. The fourth-order valence-corrected chi connectivity index (χ4v) is 2.83. The third-order valence-electron chi connectivity index (χ3n) is 4.39. The second-order valence-electron chi connectivity index (χ2n) is 7.36. The molecule has 5 nitrogen and oxygen atoms in total. The number of hydrogen-bond donors (Lipinski definition) is 0. The molecule has 0 radical (unpaired) electrons. The van der Waals surface area contributed by atoms with E-state index in [4.69, 9.17) is 15.4 Å². The molecule has 0 amide bonds. The molecule has 1 rings (SSSR count). The molecule has 24 heavy (non-hydrogen) atoms. The number of rotatable bonds is 6. The van der Waals surface area contributed by atoms with Gasteiger partial charge in [-0.2, -0.15) is 5.26 Å². The summed E-state index contributed by atoms with van der Waals surface area (Å²) in [5, 5.41) is 9.25. The highest BCUT2D eigenvalue weighted by Crippen LogP contribution is 2.36. The summed E-state index contributed by atoms with van der Waals surface area (Å²) in [6.07, 6.45) is 3.06. The van der Waals surface area contributed by atoms with Gasteiger partial charge >= 0.3 is 5.54 Å². The normalized spacial score (nSPS) is 14.1. The van der Waals surface area contributed by atoms with Gasteiger partial charge in [0.05, 0.1) is 12.8 Å². The molecule has 0 aromatic carbocycles. The van der Waals surface area contributed by atoms with Crippen LogP contribution in [0, 0.1) is 17.9 Å². The summed E-state index contributed by atoms with van der Waals surface area (Å²) in [6, 6.07) is 3.30. The summed E-state index contributed by atoms with van der Waals surface area (Å²) in [4.78, 5) is 15.7. The van der Waals surface area contributed by atoms with Crippen LogP contribution < -0.4 is 9.85 Å². The van der Waals surface area contributed by atoms with E-state index in [1.807, 2.05) is 19.2 Å². The van der Waals surface area contributed by atoms with Gasteiger partial charge in [-0.25, -0.2) is 6.57 Å². The van der Waals surface area contributed by atoms with Gasteiger partial charge in [0.1, 0.15) is 12.0 Å². The lowest BCUT2D eigenvalue weighted by Crippen LogP contribution is -2.44. The molecule has 1 heterocycles. The largest absolute Gasteiger partial charge is 0.539 e. The molecule has 1 atom stereocenters. The van der Waals surface area contributed by atoms with E-state index in [2.05, 4.69) is 32.2 Å². The Labute approximate surface area is 144 Å². The van der Waals surface area contributed by atoms with Crippen LogP contribution in [-0.2, 0) is 6.42 Å². The Morgan fingerprint density at radius 1 is 1.50 bits per heavy atom. The lowest BCUT2D eigenvalue weighted by atomic mass is 9.92. The van der Waals surface area contributed by atoms with E-state index < -0.39 is 13.9 Å².